The number of amides is 2. The third-order valence-corrected chi connectivity index (χ3v) is 3.24. The summed E-state index contributed by atoms with van der Waals surface area (Å²) in [7, 11) is 0. The summed E-state index contributed by atoms with van der Waals surface area (Å²) in [5, 5.41) is 0. The highest BCUT2D eigenvalue weighted by molar-refractivity contribution is 6.03. The van der Waals surface area contributed by atoms with Gasteiger partial charge in [0.2, 0.25) is 0 Å². The van der Waals surface area contributed by atoms with E-state index in [1.165, 1.54) is 4.90 Å². The molecule has 0 bridgehead atoms. The molecule has 0 spiro atoms. The molecule has 1 unspecified atom stereocenters. The third kappa shape index (κ3) is 1.56. The zero-order valence-electron chi connectivity index (χ0n) is 9.78. The molecule has 3 rings (SSSR count). The van der Waals surface area contributed by atoms with E-state index in [0.717, 1.165) is 18.5 Å². The van der Waals surface area contributed by atoms with Gasteiger partial charge in [-0.15, -0.1) is 6.42 Å². The van der Waals surface area contributed by atoms with Crippen LogP contribution in [0.4, 0.5) is 4.79 Å². The van der Waals surface area contributed by atoms with Crippen molar-refractivity contribution < 1.29 is 4.79 Å². The van der Waals surface area contributed by atoms with Crippen molar-refractivity contribution in [2.75, 3.05) is 6.54 Å². The van der Waals surface area contributed by atoms with E-state index in [2.05, 4.69) is 20.5 Å². The first-order valence-corrected chi connectivity index (χ1v) is 5.82. The Morgan fingerprint density at radius 3 is 3.00 bits per heavy atom. The van der Waals surface area contributed by atoms with Gasteiger partial charge >= 0.3 is 6.03 Å². The van der Waals surface area contributed by atoms with Crippen LogP contribution in [0, 0.1) is 12.3 Å². The molecule has 6 nitrogen and oxygen atoms in total. The topological polar surface area (TPSA) is 76.5 Å². The van der Waals surface area contributed by atoms with Crippen LogP contribution in [0.1, 0.15) is 30.6 Å². The number of imidazole rings is 1. The van der Waals surface area contributed by atoms with Crippen molar-refractivity contribution in [1.82, 2.24) is 14.5 Å². The Labute approximate surface area is 104 Å². The summed E-state index contributed by atoms with van der Waals surface area (Å²) in [5.74, 6) is 2.75. The Morgan fingerprint density at radius 2 is 2.33 bits per heavy atom. The van der Waals surface area contributed by atoms with Gasteiger partial charge in [0.1, 0.15) is 11.9 Å². The van der Waals surface area contributed by atoms with Gasteiger partial charge in [0.05, 0.1) is 24.8 Å². The average Bonchev–Trinajstić information content (AvgIpc) is 3.01. The Balaban J connectivity index is 1.98. The molecule has 0 saturated heterocycles. The summed E-state index contributed by atoms with van der Waals surface area (Å²) in [6.45, 7) is 0.198. The second-order valence-electron chi connectivity index (χ2n) is 4.51. The summed E-state index contributed by atoms with van der Waals surface area (Å²) < 4.78 is 2.06. The molecule has 1 aromatic heterocycles. The molecule has 2 amide bonds. The van der Waals surface area contributed by atoms with Gasteiger partial charge in [0, 0.05) is 6.04 Å². The number of terminal acetylenes is 1. The van der Waals surface area contributed by atoms with Crippen molar-refractivity contribution in [3.8, 4) is 12.3 Å². The zero-order valence-corrected chi connectivity index (χ0v) is 9.78. The second-order valence-corrected chi connectivity index (χ2v) is 4.51. The fourth-order valence-electron chi connectivity index (χ4n) is 2.26. The standard InChI is InChI=1S/C12H13N5O/c1-2-5-16-10(11(13)15-12(16)18)9-6-14-7-17(9)8-3-4-8/h1,6-8,10H,3-5H2,(H2,13,15,18). The van der Waals surface area contributed by atoms with E-state index >= 15 is 0 Å². The largest absolute Gasteiger partial charge is 0.385 e. The number of nitrogens with two attached hydrogens (primary N) is 1. The summed E-state index contributed by atoms with van der Waals surface area (Å²) in [6, 6.07) is -0.283. The number of carbonyl (C=O) groups excluding carboxylic acids is 1. The van der Waals surface area contributed by atoms with E-state index in [1.54, 1.807) is 12.5 Å². The van der Waals surface area contributed by atoms with Crippen LogP contribution in [0.25, 0.3) is 0 Å². The molecule has 1 atom stereocenters. The lowest BCUT2D eigenvalue weighted by atomic mass is 10.2. The van der Waals surface area contributed by atoms with E-state index in [1.807, 2.05) is 0 Å². The Morgan fingerprint density at radius 1 is 1.56 bits per heavy atom. The molecule has 0 aromatic carbocycles. The molecule has 1 saturated carbocycles. The van der Waals surface area contributed by atoms with Gasteiger partial charge in [0.25, 0.3) is 0 Å². The molecule has 1 aromatic rings. The van der Waals surface area contributed by atoms with Crippen LogP contribution in [-0.4, -0.2) is 32.9 Å². The van der Waals surface area contributed by atoms with Crippen molar-refractivity contribution in [2.45, 2.75) is 24.9 Å². The highest BCUT2D eigenvalue weighted by atomic mass is 16.2. The predicted octanol–water partition coefficient (Wildman–Crippen LogP) is 0.685. The molecule has 2 aliphatic rings. The van der Waals surface area contributed by atoms with Crippen LogP contribution in [0.15, 0.2) is 17.5 Å². The average molecular weight is 243 g/mol. The molecule has 1 aliphatic carbocycles. The minimum absolute atomic E-state index is 0.198. The SMILES string of the molecule is C#CCN1C(=O)N=C(N)C1c1cncn1C1CC1. The first kappa shape index (κ1) is 10.8. The van der Waals surface area contributed by atoms with Gasteiger partial charge < -0.3 is 10.3 Å². The van der Waals surface area contributed by atoms with Gasteiger partial charge in [-0.1, -0.05) is 5.92 Å². The Bertz CT molecular complexity index is 563. The van der Waals surface area contributed by atoms with Crippen LogP contribution in [0.5, 0.6) is 0 Å². The van der Waals surface area contributed by atoms with E-state index in [-0.39, 0.29) is 24.5 Å². The first-order valence-electron chi connectivity index (χ1n) is 5.82. The summed E-state index contributed by atoms with van der Waals surface area (Å²) in [4.78, 5) is 21.1. The molecule has 18 heavy (non-hydrogen) atoms. The molecule has 0 radical (unpaired) electrons. The Kier molecular flexibility index (Phi) is 2.33. The number of amidine groups is 1. The monoisotopic (exact) mass is 243 g/mol. The normalized spacial score (nSPS) is 23.1. The number of hydrogen-bond donors (Lipinski definition) is 1. The zero-order chi connectivity index (χ0) is 12.7. The summed E-state index contributed by atoms with van der Waals surface area (Å²) in [6.07, 6.45) is 11.1. The number of nitrogens with zero attached hydrogens (tertiary/aromatic N) is 4. The quantitative estimate of drug-likeness (QED) is 0.793. The van der Waals surface area contributed by atoms with Crippen molar-refractivity contribution in [1.29, 1.82) is 0 Å². The second kappa shape index (κ2) is 3.88. The molecule has 6 heteroatoms. The molecule has 2 N–H and O–H groups in total. The van der Waals surface area contributed by atoms with Gasteiger partial charge in [-0.2, -0.15) is 4.99 Å². The van der Waals surface area contributed by atoms with Gasteiger partial charge in [-0.25, -0.2) is 9.78 Å². The smallest absolute Gasteiger partial charge is 0.347 e. The number of urea groups is 1. The number of hydrogen-bond acceptors (Lipinski definition) is 3. The minimum atomic E-state index is -0.378. The van der Waals surface area contributed by atoms with E-state index < -0.39 is 0 Å². The predicted molar refractivity (Wildman–Crippen MR) is 65.8 cm³/mol. The van der Waals surface area contributed by atoms with E-state index in [9.17, 15) is 4.79 Å². The third-order valence-electron chi connectivity index (χ3n) is 3.24. The van der Waals surface area contributed by atoms with Crippen molar-refractivity contribution in [2.24, 2.45) is 10.7 Å². The summed E-state index contributed by atoms with van der Waals surface area (Å²) >= 11 is 0. The van der Waals surface area contributed by atoms with E-state index in [0.29, 0.717) is 6.04 Å². The molecular weight excluding hydrogens is 230 g/mol. The van der Waals surface area contributed by atoms with Crippen molar-refractivity contribution in [3.63, 3.8) is 0 Å². The number of rotatable bonds is 3. The van der Waals surface area contributed by atoms with Crippen LogP contribution < -0.4 is 5.73 Å². The lowest BCUT2D eigenvalue weighted by molar-refractivity contribution is 0.212. The van der Waals surface area contributed by atoms with Gasteiger partial charge in [0.15, 0.2) is 0 Å². The van der Waals surface area contributed by atoms with Gasteiger partial charge in [-0.3, -0.25) is 4.90 Å². The Hall–Kier alpha value is -2.29. The molecular formula is C12H13N5O. The van der Waals surface area contributed by atoms with Crippen molar-refractivity contribution in [3.05, 3.63) is 18.2 Å². The lowest BCUT2D eigenvalue weighted by Gasteiger charge is -2.23. The fraction of sp³-hybridized carbons (Fsp3) is 0.417. The van der Waals surface area contributed by atoms with Gasteiger partial charge in [-0.05, 0) is 12.8 Å². The van der Waals surface area contributed by atoms with Crippen LogP contribution in [-0.2, 0) is 0 Å². The number of aliphatic imine (C=N–C) groups is 1. The highest BCUT2D eigenvalue weighted by Crippen LogP contribution is 2.38. The minimum Gasteiger partial charge on any atom is -0.385 e. The maximum absolute atomic E-state index is 11.7. The maximum atomic E-state index is 11.7. The van der Waals surface area contributed by atoms with Crippen molar-refractivity contribution >= 4 is 11.9 Å². The maximum Gasteiger partial charge on any atom is 0.347 e. The highest BCUT2D eigenvalue weighted by Gasteiger charge is 2.38. The molecule has 92 valence electrons. The van der Waals surface area contributed by atoms with Crippen LogP contribution in [0.3, 0.4) is 0 Å². The number of aromatic nitrogens is 2. The first-order chi connectivity index (χ1) is 8.72. The molecule has 1 aliphatic heterocycles. The van der Waals surface area contributed by atoms with Crippen LogP contribution >= 0.6 is 0 Å². The summed E-state index contributed by atoms with van der Waals surface area (Å²) in [5.41, 5.74) is 6.74. The molecule has 2 heterocycles. The fourth-order valence-corrected chi connectivity index (χ4v) is 2.26. The lowest BCUT2D eigenvalue weighted by Crippen LogP contribution is -2.34. The number of carbonyl (C=O) groups is 1. The molecule has 1 fully saturated rings. The van der Waals surface area contributed by atoms with Crippen LogP contribution in [0.2, 0.25) is 0 Å². The van der Waals surface area contributed by atoms with E-state index in [4.69, 9.17) is 12.2 Å².